The number of carboxylic acids is 1. The molecule has 2 unspecified atom stereocenters. The van der Waals surface area contributed by atoms with Crippen molar-refractivity contribution in [2.45, 2.75) is 128 Å². The fraction of sp³-hybridized carbons (Fsp3) is 0.722. The molecule has 0 aliphatic heterocycles. The molecular weight excluding hydrogens is 542 g/mol. The number of hydrogen-bond acceptors (Lipinski definition) is 5. The molecule has 0 fully saturated rings. The number of carbonyl (C=O) groups excluding carboxylic acids is 1. The largest absolute Gasteiger partial charge is 0.477 e. The van der Waals surface area contributed by atoms with Crippen molar-refractivity contribution in [3.63, 3.8) is 0 Å². The highest BCUT2D eigenvalue weighted by Crippen LogP contribution is 2.13. The maximum Gasteiger partial charge on any atom is 0.362 e. The minimum Gasteiger partial charge on any atom is -0.477 e. The van der Waals surface area contributed by atoms with E-state index in [1.807, 2.05) is 21.1 Å². The number of nitrogens with zero attached hydrogens (tertiary/aromatic N) is 1. The fourth-order valence-electron chi connectivity index (χ4n) is 4.61. The molecule has 0 aromatic heterocycles. The minimum atomic E-state index is -0.906. The summed E-state index contributed by atoms with van der Waals surface area (Å²) in [5.41, 5.74) is 0. The van der Waals surface area contributed by atoms with Crippen LogP contribution in [0.2, 0.25) is 0 Å². The topological polar surface area (TPSA) is 93.1 Å². The van der Waals surface area contributed by atoms with Gasteiger partial charge in [-0.25, -0.2) is 4.79 Å². The zero-order valence-electron chi connectivity index (χ0n) is 27.9. The Morgan fingerprint density at radius 2 is 1.19 bits per heavy atom. The van der Waals surface area contributed by atoms with Gasteiger partial charge in [-0.15, -0.1) is 0 Å². The van der Waals surface area contributed by atoms with Crippen molar-refractivity contribution in [3.05, 3.63) is 48.6 Å². The molecule has 0 saturated heterocycles. The van der Waals surface area contributed by atoms with Gasteiger partial charge in [-0.2, -0.15) is 0 Å². The second-order valence-electron chi connectivity index (χ2n) is 12.2. The van der Waals surface area contributed by atoms with E-state index in [4.69, 9.17) is 9.47 Å². The molecule has 0 radical (unpaired) electrons. The molecule has 0 rings (SSSR count). The molecule has 248 valence electrons. The van der Waals surface area contributed by atoms with Crippen LogP contribution in [0.4, 0.5) is 0 Å². The van der Waals surface area contributed by atoms with E-state index in [0.717, 1.165) is 44.9 Å². The van der Waals surface area contributed by atoms with Crippen molar-refractivity contribution in [2.75, 3.05) is 41.0 Å². The van der Waals surface area contributed by atoms with Gasteiger partial charge in [0, 0.05) is 12.8 Å². The first-order chi connectivity index (χ1) is 20.7. The molecule has 0 aliphatic rings. The molecule has 7 nitrogen and oxygen atoms in total. The predicted molar refractivity (Wildman–Crippen MR) is 178 cm³/mol. The lowest BCUT2D eigenvalue weighted by atomic mass is 10.1. The molecule has 0 spiro atoms. The molecule has 7 heteroatoms. The maximum atomic E-state index is 11.9. The summed E-state index contributed by atoms with van der Waals surface area (Å²) in [5, 5.41) is 19.3. The minimum absolute atomic E-state index is 0.0159. The third-order valence-corrected chi connectivity index (χ3v) is 7.22. The van der Waals surface area contributed by atoms with E-state index in [9.17, 15) is 19.8 Å². The number of hydrogen-bond donors (Lipinski definition) is 2. The Hall–Kier alpha value is -2.22. The van der Waals surface area contributed by atoms with Gasteiger partial charge < -0.3 is 24.2 Å². The normalized spacial score (nSPS) is 14.0. The Morgan fingerprint density at radius 1 is 0.698 bits per heavy atom. The Balaban J connectivity index is 3.50. The van der Waals surface area contributed by atoms with Crippen LogP contribution in [-0.2, 0) is 19.1 Å². The number of esters is 1. The van der Waals surface area contributed by atoms with E-state index in [2.05, 4.69) is 55.5 Å². The van der Waals surface area contributed by atoms with Crippen LogP contribution < -0.4 is 0 Å². The third-order valence-electron chi connectivity index (χ3n) is 7.22. The van der Waals surface area contributed by atoms with Gasteiger partial charge in [0.1, 0.15) is 12.7 Å². The summed E-state index contributed by atoms with van der Waals surface area (Å²) in [6.45, 7) is 2.30. The van der Waals surface area contributed by atoms with Crippen LogP contribution in [0.1, 0.15) is 116 Å². The van der Waals surface area contributed by atoms with Crippen molar-refractivity contribution >= 4 is 11.9 Å². The Bertz CT molecular complexity index is 796. The Kier molecular flexibility index (Phi) is 27.1. The molecule has 0 amide bonds. The van der Waals surface area contributed by atoms with Crippen molar-refractivity contribution in [3.8, 4) is 0 Å². The molecule has 0 aliphatic carbocycles. The quantitative estimate of drug-likeness (QED) is 0.0389. The van der Waals surface area contributed by atoms with Crippen LogP contribution in [-0.4, -0.2) is 79.7 Å². The second kappa shape index (κ2) is 28.5. The smallest absolute Gasteiger partial charge is 0.362 e. The average molecular weight is 607 g/mol. The van der Waals surface area contributed by atoms with Crippen molar-refractivity contribution in [1.82, 2.24) is 0 Å². The third kappa shape index (κ3) is 28.3. The molecule has 2 N–H and O–H groups in total. The van der Waals surface area contributed by atoms with E-state index >= 15 is 0 Å². The number of allylic oxidation sites excluding steroid dienone is 8. The summed E-state index contributed by atoms with van der Waals surface area (Å²) in [6.07, 6.45) is 35.1. The Morgan fingerprint density at radius 3 is 1.70 bits per heavy atom. The molecule has 0 bridgehead atoms. The van der Waals surface area contributed by atoms with Gasteiger partial charge in [0.15, 0.2) is 6.04 Å². The summed E-state index contributed by atoms with van der Waals surface area (Å²) in [7, 11) is 5.47. The van der Waals surface area contributed by atoms with Crippen LogP contribution in [0.25, 0.3) is 0 Å². The number of quaternary nitrogens is 1. The highest BCUT2D eigenvalue weighted by molar-refractivity contribution is 5.72. The zero-order valence-corrected chi connectivity index (χ0v) is 27.9. The maximum absolute atomic E-state index is 11.9. The van der Waals surface area contributed by atoms with Crippen LogP contribution >= 0.6 is 0 Å². The number of aliphatic hydroxyl groups excluding tert-OH is 1. The van der Waals surface area contributed by atoms with Gasteiger partial charge in [-0.1, -0.05) is 107 Å². The number of unbranched alkanes of at least 4 members (excludes halogenated alkanes) is 10. The van der Waals surface area contributed by atoms with Crippen LogP contribution in [0.5, 0.6) is 0 Å². The summed E-state index contributed by atoms with van der Waals surface area (Å²) < 4.78 is 10.8. The van der Waals surface area contributed by atoms with Crippen molar-refractivity contribution < 1.29 is 33.8 Å². The van der Waals surface area contributed by atoms with Crippen LogP contribution in [0.3, 0.4) is 0 Å². The van der Waals surface area contributed by atoms with Crippen LogP contribution in [0.15, 0.2) is 48.6 Å². The first kappa shape index (κ1) is 40.8. The number of aliphatic hydroxyl groups is 1. The van der Waals surface area contributed by atoms with Crippen molar-refractivity contribution in [1.29, 1.82) is 0 Å². The molecule has 2 atom stereocenters. The van der Waals surface area contributed by atoms with Crippen molar-refractivity contribution in [2.24, 2.45) is 0 Å². The van der Waals surface area contributed by atoms with E-state index in [-0.39, 0.29) is 25.8 Å². The Labute approximate surface area is 263 Å². The summed E-state index contributed by atoms with van der Waals surface area (Å²) in [5.74, 6) is -1.16. The fourth-order valence-corrected chi connectivity index (χ4v) is 4.61. The van der Waals surface area contributed by atoms with E-state index in [0.29, 0.717) is 17.3 Å². The summed E-state index contributed by atoms with van der Waals surface area (Å²) in [4.78, 5) is 23.3. The first-order valence-electron chi connectivity index (χ1n) is 16.7. The molecule has 0 heterocycles. The number of rotatable bonds is 29. The molecule has 0 aromatic carbocycles. The van der Waals surface area contributed by atoms with Gasteiger partial charge in [0.05, 0.1) is 34.4 Å². The highest BCUT2D eigenvalue weighted by atomic mass is 16.5. The molecular formula is C36H64NO6+. The lowest BCUT2D eigenvalue weighted by Gasteiger charge is -2.31. The van der Waals surface area contributed by atoms with E-state index in [1.54, 1.807) is 0 Å². The number of likely N-dealkylation sites (N-methyl/N-ethyl adjacent to an activating group) is 1. The number of aliphatic carboxylic acids is 1. The summed E-state index contributed by atoms with van der Waals surface area (Å²) >= 11 is 0. The average Bonchev–Trinajstić information content (AvgIpc) is 2.95. The summed E-state index contributed by atoms with van der Waals surface area (Å²) in [6, 6.07) is -0.576. The SMILES string of the molecule is CC/C=C\C/C=C\C/C=C\C/C=C\CCCCCCCCCCCCC(=O)OCC(O)COCCC(C(=O)O)[N+](C)(C)C. The zero-order chi connectivity index (χ0) is 32.0. The molecule has 0 aromatic rings. The second-order valence-corrected chi connectivity index (χ2v) is 12.2. The van der Waals surface area contributed by atoms with Gasteiger partial charge in [0.2, 0.25) is 0 Å². The monoisotopic (exact) mass is 606 g/mol. The predicted octanol–water partition coefficient (Wildman–Crippen LogP) is 7.94. The van der Waals surface area contributed by atoms with Gasteiger partial charge >= 0.3 is 11.9 Å². The lowest BCUT2D eigenvalue weighted by Crippen LogP contribution is -2.50. The van der Waals surface area contributed by atoms with Gasteiger partial charge in [-0.05, 0) is 44.9 Å². The molecule has 0 saturated carbocycles. The van der Waals surface area contributed by atoms with E-state index in [1.165, 1.54) is 51.4 Å². The lowest BCUT2D eigenvalue weighted by molar-refractivity contribution is -0.887. The van der Waals surface area contributed by atoms with Gasteiger partial charge in [-0.3, -0.25) is 4.79 Å². The number of carbonyl (C=O) groups is 2. The highest BCUT2D eigenvalue weighted by Gasteiger charge is 2.30. The molecule has 43 heavy (non-hydrogen) atoms. The van der Waals surface area contributed by atoms with Crippen LogP contribution in [0, 0.1) is 0 Å². The number of carboxylic acid groups (broad SMARTS) is 1. The number of ether oxygens (including phenoxy) is 2. The van der Waals surface area contributed by atoms with Gasteiger partial charge in [0.25, 0.3) is 0 Å². The first-order valence-corrected chi connectivity index (χ1v) is 16.7. The standard InChI is InChI=1S/C36H63NO6/c1-5-6-7-8-9-10-11-12-13-14-15-16-17-18-19-20-21-22-23-24-25-26-27-28-35(39)43-32-33(38)31-42-30-29-34(36(40)41)37(2,3)4/h6-7,9-10,12-13,15-16,33-34,38H,5,8,11,14,17-32H2,1-4H3/p+1/b7-6-,10-9-,13-12-,16-15-. The van der Waals surface area contributed by atoms with E-state index < -0.39 is 18.1 Å².